The van der Waals surface area contributed by atoms with Gasteiger partial charge in [-0.1, -0.05) is 6.92 Å². The Balaban J connectivity index is 2.02. The van der Waals surface area contributed by atoms with Crippen LogP contribution in [0.25, 0.3) is 0 Å². The molecular weight excluding hydrogens is 222 g/mol. The van der Waals surface area contributed by atoms with Gasteiger partial charge in [-0.25, -0.2) is 0 Å². The van der Waals surface area contributed by atoms with Gasteiger partial charge in [0.05, 0.1) is 0 Å². The molecule has 0 aliphatic heterocycles. The van der Waals surface area contributed by atoms with Gasteiger partial charge in [0.1, 0.15) is 0 Å². The first-order valence-electron chi connectivity index (χ1n) is 6.15. The van der Waals surface area contributed by atoms with Gasteiger partial charge in [0.2, 0.25) is 0 Å². The van der Waals surface area contributed by atoms with E-state index in [-0.39, 0.29) is 10.3 Å². The van der Waals surface area contributed by atoms with Crippen molar-refractivity contribution in [1.82, 2.24) is 0 Å². The van der Waals surface area contributed by atoms with Crippen LogP contribution in [0.4, 0.5) is 0 Å². The Hall–Kier alpha value is 0.660. The Bertz CT molecular complexity index is 295. The molecule has 0 aromatic carbocycles. The number of thiol groups is 2. The van der Waals surface area contributed by atoms with E-state index in [1.807, 2.05) is 0 Å². The topological polar surface area (TPSA) is 26.0 Å². The Labute approximate surface area is 103 Å². The third-order valence-corrected chi connectivity index (χ3v) is 6.36. The van der Waals surface area contributed by atoms with Gasteiger partial charge >= 0.3 is 0 Å². The molecule has 2 N–H and O–H groups in total. The summed E-state index contributed by atoms with van der Waals surface area (Å²) in [7, 11) is 0. The Morgan fingerprint density at radius 2 is 2.07 bits per heavy atom. The molecule has 1 nitrogen and oxygen atoms in total. The molecule has 0 aromatic heterocycles. The van der Waals surface area contributed by atoms with Crippen LogP contribution < -0.4 is 5.73 Å². The maximum atomic E-state index is 6.65. The predicted molar refractivity (Wildman–Crippen MR) is 70.6 cm³/mol. The minimum absolute atomic E-state index is 0.0976. The second-order valence-electron chi connectivity index (χ2n) is 6.19. The van der Waals surface area contributed by atoms with Crippen molar-refractivity contribution in [2.75, 3.05) is 0 Å². The minimum Gasteiger partial charge on any atom is -0.325 e. The summed E-state index contributed by atoms with van der Waals surface area (Å²) < 4.78 is 0.194. The molecule has 3 saturated carbocycles. The molecule has 3 heteroatoms. The van der Waals surface area contributed by atoms with E-state index in [4.69, 9.17) is 31.0 Å². The van der Waals surface area contributed by atoms with Gasteiger partial charge in [0, 0.05) is 15.5 Å². The summed E-state index contributed by atoms with van der Waals surface area (Å²) in [5, 5.41) is 0.552. The van der Waals surface area contributed by atoms with E-state index in [1.165, 1.54) is 25.7 Å². The molecule has 0 spiro atoms. The molecule has 3 fully saturated rings. The first-order valence-corrected chi connectivity index (χ1v) is 7.11. The van der Waals surface area contributed by atoms with Gasteiger partial charge in [0.15, 0.2) is 0 Å². The quantitative estimate of drug-likeness (QED) is 0.560. The van der Waals surface area contributed by atoms with Gasteiger partial charge in [-0.15, -0.1) is 0 Å². The molecule has 0 saturated heterocycles. The molecule has 5 unspecified atom stereocenters. The maximum absolute atomic E-state index is 6.65. The third kappa shape index (κ3) is 1.29. The van der Waals surface area contributed by atoms with E-state index in [0.717, 1.165) is 12.3 Å². The van der Waals surface area contributed by atoms with Crippen molar-refractivity contribution in [2.45, 2.75) is 54.6 Å². The molecule has 3 aliphatic carbocycles. The van der Waals surface area contributed by atoms with Crippen LogP contribution in [-0.2, 0) is 0 Å². The van der Waals surface area contributed by atoms with Crippen molar-refractivity contribution < 1.29 is 0 Å². The summed E-state index contributed by atoms with van der Waals surface area (Å²) >= 11 is 9.71. The zero-order valence-electron chi connectivity index (χ0n) is 9.32. The van der Waals surface area contributed by atoms with E-state index >= 15 is 0 Å². The van der Waals surface area contributed by atoms with Crippen LogP contribution in [-0.4, -0.2) is 15.5 Å². The monoisotopic (exact) mass is 243 g/mol. The molecule has 86 valence electrons. The van der Waals surface area contributed by atoms with E-state index in [1.54, 1.807) is 0 Å². The largest absolute Gasteiger partial charge is 0.325 e. The zero-order chi connectivity index (χ0) is 10.8. The van der Waals surface area contributed by atoms with Gasteiger partial charge < -0.3 is 5.73 Å². The maximum Gasteiger partial charge on any atom is 0.0225 e. The molecule has 3 aliphatic rings. The highest BCUT2D eigenvalue weighted by Crippen LogP contribution is 2.64. The van der Waals surface area contributed by atoms with Gasteiger partial charge in [-0.05, 0) is 49.9 Å². The second kappa shape index (κ2) is 3.11. The van der Waals surface area contributed by atoms with Crippen LogP contribution in [0, 0.1) is 17.8 Å². The van der Waals surface area contributed by atoms with E-state index in [9.17, 15) is 0 Å². The molecule has 0 amide bonds. The smallest absolute Gasteiger partial charge is 0.0225 e. The van der Waals surface area contributed by atoms with Crippen LogP contribution in [0.3, 0.4) is 0 Å². The summed E-state index contributed by atoms with van der Waals surface area (Å²) in [6.45, 7) is 2.33. The molecule has 0 radical (unpaired) electrons. The van der Waals surface area contributed by atoms with Gasteiger partial charge in [0.25, 0.3) is 0 Å². The normalized spacial score (nSPS) is 63.2. The average molecular weight is 243 g/mol. The van der Waals surface area contributed by atoms with Gasteiger partial charge in [-0.2, -0.15) is 25.3 Å². The highest BCUT2D eigenvalue weighted by atomic mass is 32.1. The minimum atomic E-state index is 0.0976. The van der Waals surface area contributed by atoms with E-state index < -0.39 is 0 Å². The first-order chi connectivity index (χ1) is 6.96. The number of nitrogens with two attached hydrogens (primary N) is 1. The van der Waals surface area contributed by atoms with Gasteiger partial charge in [-0.3, -0.25) is 0 Å². The highest BCUT2D eigenvalue weighted by molar-refractivity contribution is 7.82. The Morgan fingerprint density at radius 1 is 1.33 bits per heavy atom. The van der Waals surface area contributed by atoms with Crippen LogP contribution in [0.1, 0.15) is 39.0 Å². The van der Waals surface area contributed by atoms with Crippen molar-refractivity contribution >= 4 is 25.3 Å². The molecule has 0 bridgehead atoms. The Kier molecular flexibility index (Phi) is 2.24. The summed E-state index contributed by atoms with van der Waals surface area (Å²) in [4.78, 5) is 0. The second-order valence-corrected chi connectivity index (χ2v) is 7.81. The van der Waals surface area contributed by atoms with Crippen molar-refractivity contribution in [3.63, 3.8) is 0 Å². The molecular formula is C12H21NS2. The molecule has 15 heavy (non-hydrogen) atoms. The van der Waals surface area contributed by atoms with Crippen molar-refractivity contribution in [2.24, 2.45) is 23.5 Å². The van der Waals surface area contributed by atoms with Crippen LogP contribution in [0.5, 0.6) is 0 Å². The zero-order valence-corrected chi connectivity index (χ0v) is 11.1. The lowest BCUT2D eigenvalue weighted by Crippen LogP contribution is -2.51. The van der Waals surface area contributed by atoms with Crippen molar-refractivity contribution in [3.05, 3.63) is 0 Å². The molecule has 3 rings (SSSR count). The summed E-state index contributed by atoms with van der Waals surface area (Å²) in [5.41, 5.74) is 6.75. The fourth-order valence-electron chi connectivity index (χ4n) is 4.84. The van der Waals surface area contributed by atoms with Crippen LogP contribution in [0.2, 0.25) is 0 Å². The van der Waals surface area contributed by atoms with Crippen LogP contribution in [0.15, 0.2) is 0 Å². The van der Waals surface area contributed by atoms with Crippen molar-refractivity contribution in [3.8, 4) is 0 Å². The predicted octanol–water partition coefficient (Wildman–Crippen LogP) is 2.51. The number of rotatable bonds is 0. The van der Waals surface area contributed by atoms with Crippen molar-refractivity contribution in [1.29, 1.82) is 0 Å². The lowest BCUT2D eigenvalue weighted by Gasteiger charge is -2.44. The average Bonchev–Trinajstić information content (AvgIpc) is 2.52. The first kappa shape index (κ1) is 10.8. The van der Waals surface area contributed by atoms with E-state index in [0.29, 0.717) is 17.1 Å². The standard InChI is InChI=1S/C12H21NS2/c1-7-5-11(15)6-9(14)4-8-2-3-12(7,13)10(8)11/h7-10,14-15H,2-6,13H2,1H3/t7?,8?,9?,10?,11?,12-/m0/s1. The fraction of sp³-hybridized carbons (Fsp3) is 1.00. The SMILES string of the molecule is CC1CC2(S)CC(S)CC3CC[C@@]1(N)C32. The fourth-order valence-corrected chi connectivity index (χ4v) is 6.53. The van der Waals surface area contributed by atoms with E-state index in [2.05, 4.69) is 6.92 Å². The number of hydrogen-bond donors (Lipinski definition) is 3. The Morgan fingerprint density at radius 3 is 2.80 bits per heavy atom. The summed E-state index contributed by atoms with van der Waals surface area (Å²) in [6.07, 6.45) is 6.15. The molecule has 6 atom stereocenters. The third-order valence-electron chi connectivity index (χ3n) is 5.32. The highest BCUT2D eigenvalue weighted by Gasteiger charge is 2.64. The van der Waals surface area contributed by atoms with Crippen LogP contribution >= 0.6 is 25.3 Å². The lowest BCUT2D eigenvalue weighted by molar-refractivity contribution is 0.200. The number of hydrogen-bond acceptors (Lipinski definition) is 3. The summed E-state index contributed by atoms with van der Waals surface area (Å²) in [5.74, 6) is 2.10. The molecule has 0 heterocycles. The molecule has 0 aromatic rings. The summed E-state index contributed by atoms with van der Waals surface area (Å²) in [6, 6.07) is 0. The lowest BCUT2D eigenvalue weighted by atomic mass is 9.72.